The maximum atomic E-state index is 11.1. The summed E-state index contributed by atoms with van der Waals surface area (Å²) in [4.78, 5) is 21.9. The van der Waals surface area contributed by atoms with Crippen LogP contribution in [-0.2, 0) is 11.2 Å². The largest absolute Gasteiger partial charge is 0.481 e. The standard InChI is InChI=1S/C14H19N5O2/c1-2-3-11-8-12(19-14(17-11)15-9-16-19)18-6-4-10(5-7-18)13(20)21/h8-10H,2-7H2,1H3,(H,20,21). The summed E-state index contributed by atoms with van der Waals surface area (Å²) in [6.45, 7) is 3.57. The molecule has 2 aromatic heterocycles. The lowest BCUT2D eigenvalue weighted by atomic mass is 9.97. The molecule has 2 aromatic rings. The van der Waals surface area contributed by atoms with Crippen molar-refractivity contribution in [1.82, 2.24) is 19.6 Å². The van der Waals surface area contributed by atoms with Crippen LogP contribution in [0.5, 0.6) is 0 Å². The molecule has 112 valence electrons. The molecule has 0 unspecified atom stereocenters. The Morgan fingerprint density at radius 1 is 1.43 bits per heavy atom. The molecule has 7 nitrogen and oxygen atoms in total. The van der Waals surface area contributed by atoms with Gasteiger partial charge in [-0.05, 0) is 19.3 Å². The van der Waals surface area contributed by atoms with Crippen molar-refractivity contribution < 1.29 is 9.90 Å². The molecule has 0 radical (unpaired) electrons. The van der Waals surface area contributed by atoms with E-state index in [1.165, 1.54) is 6.33 Å². The predicted molar refractivity (Wildman–Crippen MR) is 77.3 cm³/mol. The molecule has 1 fully saturated rings. The summed E-state index contributed by atoms with van der Waals surface area (Å²) in [5, 5.41) is 13.3. The summed E-state index contributed by atoms with van der Waals surface area (Å²) in [5.74, 6) is 0.646. The number of nitrogens with zero attached hydrogens (tertiary/aromatic N) is 5. The highest BCUT2D eigenvalue weighted by Crippen LogP contribution is 2.24. The SMILES string of the molecule is CCCc1cc(N2CCC(C(=O)O)CC2)n2ncnc2n1. The van der Waals surface area contributed by atoms with Gasteiger partial charge in [0.15, 0.2) is 0 Å². The smallest absolute Gasteiger partial charge is 0.306 e. The Morgan fingerprint density at radius 3 is 2.86 bits per heavy atom. The summed E-state index contributed by atoms with van der Waals surface area (Å²) >= 11 is 0. The van der Waals surface area contributed by atoms with E-state index in [1.54, 1.807) is 4.52 Å². The Kier molecular flexibility index (Phi) is 3.72. The number of carboxylic acids is 1. The van der Waals surface area contributed by atoms with Gasteiger partial charge in [0.1, 0.15) is 12.1 Å². The first-order valence-corrected chi connectivity index (χ1v) is 7.36. The van der Waals surface area contributed by atoms with Gasteiger partial charge in [-0.15, -0.1) is 0 Å². The molecule has 21 heavy (non-hydrogen) atoms. The number of hydrogen-bond acceptors (Lipinski definition) is 5. The molecular weight excluding hydrogens is 270 g/mol. The highest BCUT2D eigenvalue weighted by atomic mass is 16.4. The topological polar surface area (TPSA) is 83.6 Å². The molecule has 0 aliphatic carbocycles. The second-order valence-electron chi connectivity index (χ2n) is 5.43. The molecule has 3 rings (SSSR count). The summed E-state index contributed by atoms with van der Waals surface area (Å²) in [6.07, 6.45) is 4.76. The fourth-order valence-electron chi connectivity index (χ4n) is 2.81. The van der Waals surface area contributed by atoms with Gasteiger partial charge in [0, 0.05) is 24.8 Å². The Morgan fingerprint density at radius 2 is 2.19 bits per heavy atom. The molecule has 1 N–H and O–H groups in total. The maximum Gasteiger partial charge on any atom is 0.306 e. The van der Waals surface area contributed by atoms with Crippen LogP contribution in [0.1, 0.15) is 31.9 Å². The summed E-state index contributed by atoms with van der Waals surface area (Å²) in [6, 6.07) is 2.05. The minimum Gasteiger partial charge on any atom is -0.481 e. The fourth-order valence-corrected chi connectivity index (χ4v) is 2.81. The Hall–Kier alpha value is -2.18. The molecule has 3 heterocycles. The number of carboxylic acid groups (broad SMARTS) is 1. The van der Waals surface area contributed by atoms with Crippen molar-refractivity contribution in [2.45, 2.75) is 32.6 Å². The van der Waals surface area contributed by atoms with Crippen LogP contribution in [0.2, 0.25) is 0 Å². The number of aliphatic carboxylic acids is 1. The number of piperidine rings is 1. The van der Waals surface area contributed by atoms with E-state index in [9.17, 15) is 4.79 Å². The van der Waals surface area contributed by atoms with Crippen LogP contribution in [0.15, 0.2) is 12.4 Å². The average molecular weight is 289 g/mol. The molecular formula is C14H19N5O2. The molecule has 1 aliphatic rings. The van der Waals surface area contributed by atoms with Crippen LogP contribution in [0.4, 0.5) is 5.82 Å². The Balaban J connectivity index is 1.89. The van der Waals surface area contributed by atoms with Gasteiger partial charge in [0.2, 0.25) is 0 Å². The van der Waals surface area contributed by atoms with Crippen molar-refractivity contribution in [3.05, 3.63) is 18.1 Å². The van der Waals surface area contributed by atoms with Crippen molar-refractivity contribution in [2.75, 3.05) is 18.0 Å². The number of hydrogen-bond donors (Lipinski definition) is 1. The third-order valence-electron chi connectivity index (χ3n) is 3.96. The number of carbonyl (C=O) groups is 1. The quantitative estimate of drug-likeness (QED) is 0.915. The van der Waals surface area contributed by atoms with E-state index in [0.717, 1.165) is 37.4 Å². The van der Waals surface area contributed by atoms with E-state index in [1.807, 2.05) is 6.07 Å². The molecule has 7 heteroatoms. The number of anilines is 1. The summed E-state index contributed by atoms with van der Waals surface area (Å²) in [5.41, 5.74) is 1.01. The number of aryl methyl sites for hydroxylation is 1. The van der Waals surface area contributed by atoms with Gasteiger partial charge in [-0.25, -0.2) is 4.98 Å². The molecule has 0 aromatic carbocycles. The second kappa shape index (κ2) is 5.67. The Labute approximate surface area is 122 Å². The van der Waals surface area contributed by atoms with Crippen molar-refractivity contribution in [2.24, 2.45) is 5.92 Å². The van der Waals surface area contributed by atoms with E-state index in [0.29, 0.717) is 18.6 Å². The van der Waals surface area contributed by atoms with Crippen LogP contribution < -0.4 is 4.90 Å². The number of fused-ring (bicyclic) bond motifs is 1. The first-order chi connectivity index (χ1) is 10.2. The minimum atomic E-state index is -0.693. The van der Waals surface area contributed by atoms with E-state index in [2.05, 4.69) is 26.9 Å². The van der Waals surface area contributed by atoms with Gasteiger partial charge >= 0.3 is 5.97 Å². The van der Waals surface area contributed by atoms with Gasteiger partial charge in [-0.3, -0.25) is 4.79 Å². The van der Waals surface area contributed by atoms with Gasteiger partial charge in [0.05, 0.1) is 5.92 Å². The van der Waals surface area contributed by atoms with E-state index >= 15 is 0 Å². The minimum absolute atomic E-state index is 0.232. The van der Waals surface area contributed by atoms with Crippen molar-refractivity contribution >= 4 is 17.6 Å². The molecule has 1 saturated heterocycles. The fraction of sp³-hybridized carbons (Fsp3) is 0.571. The average Bonchev–Trinajstić information content (AvgIpc) is 2.95. The molecule has 0 bridgehead atoms. The molecule has 0 saturated carbocycles. The van der Waals surface area contributed by atoms with E-state index in [-0.39, 0.29) is 5.92 Å². The molecule has 0 spiro atoms. The van der Waals surface area contributed by atoms with E-state index < -0.39 is 5.97 Å². The van der Waals surface area contributed by atoms with Crippen LogP contribution in [0.25, 0.3) is 5.78 Å². The lowest BCUT2D eigenvalue weighted by Crippen LogP contribution is -2.37. The van der Waals surface area contributed by atoms with Gasteiger partial charge in [-0.1, -0.05) is 13.3 Å². The van der Waals surface area contributed by atoms with Crippen molar-refractivity contribution in [1.29, 1.82) is 0 Å². The predicted octanol–water partition coefficient (Wildman–Crippen LogP) is 1.38. The zero-order valence-electron chi connectivity index (χ0n) is 12.1. The highest BCUT2D eigenvalue weighted by molar-refractivity contribution is 5.70. The van der Waals surface area contributed by atoms with Crippen LogP contribution in [0.3, 0.4) is 0 Å². The molecule has 0 amide bonds. The number of aromatic nitrogens is 4. The number of rotatable bonds is 4. The third kappa shape index (κ3) is 2.68. The maximum absolute atomic E-state index is 11.1. The van der Waals surface area contributed by atoms with Gasteiger partial charge < -0.3 is 10.0 Å². The normalized spacial score (nSPS) is 16.5. The van der Waals surface area contributed by atoms with Crippen LogP contribution in [0, 0.1) is 5.92 Å². The molecule has 0 atom stereocenters. The van der Waals surface area contributed by atoms with Crippen LogP contribution in [-0.4, -0.2) is 43.7 Å². The second-order valence-corrected chi connectivity index (χ2v) is 5.43. The highest BCUT2D eigenvalue weighted by Gasteiger charge is 2.26. The third-order valence-corrected chi connectivity index (χ3v) is 3.96. The first-order valence-electron chi connectivity index (χ1n) is 7.36. The van der Waals surface area contributed by atoms with Gasteiger partial charge in [-0.2, -0.15) is 14.6 Å². The van der Waals surface area contributed by atoms with Crippen molar-refractivity contribution in [3.8, 4) is 0 Å². The van der Waals surface area contributed by atoms with Crippen molar-refractivity contribution in [3.63, 3.8) is 0 Å². The monoisotopic (exact) mass is 289 g/mol. The first kappa shape index (κ1) is 13.8. The zero-order valence-corrected chi connectivity index (χ0v) is 12.1. The van der Waals surface area contributed by atoms with E-state index in [4.69, 9.17) is 5.11 Å². The van der Waals surface area contributed by atoms with Crippen LogP contribution >= 0.6 is 0 Å². The van der Waals surface area contributed by atoms with Gasteiger partial charge in [0.25, 0.3) is 5.78 Å². The lowest BCUT2D eigenvalue weighted by Gasteiger charge is -2.31. The lowest BCUT2D eigenvalue weighted by molar-refractivity contribution is -0.142. The Bertz CT molecular complexity index is 646. The zero-order chi connectivity index (χ0) is 14.8. The molecule has 1 aliphatic heterocycles. The summed E-state index contributed by atoms with van der Waals surface area (Å²) in [7, 11) is 0. The summed E-state index contributed by atoms with van der Waals surface area (Å²) < 4.78 is 1.74.